The third-order valence-corrected chi connectivity index (χ3v) is 6.75. The molecule has 0 radical (unpaired) electrons. The van der Waals surface area contributed by atoms with Gasteiger partial charge in [0.15, 0.2) is 0 Å². The summed E-state index contributed by atoms with van der Waals surface area (Å²) in [5, 5.41) is 7.63. The van der Waals surface area contributed by atoms with E-state index in [2.05, 4.69) is 132 Å². The van der Waals surface area contributed by atoms with Crippen molar-refractivity contribution >= 4 is 43.4 Å². The van der Waals surface area contributed by atoms with Gasteiger partial charge in [-0.3, -0.25) is 0 Å². The molecule has 0 bridgehead atoms. The van der Waals surface area contributed by atoms with Crippen LogP contribution in [0.4, 0.5) is 0 Å². The molecule has 7 aromatic rings. The predicted molar refractivity (Wildman–Crippen MR) is 141 cm³/mol. The highest BCUT2D eigenvalue weighted by Crippen LogP contribution is 2.38. The van der Waals surface area contributed by atoms with Gasteiger partial charge in [-0.25, -0.2) is 0 Å². The van der Waals surface area contributed by atoms with Crippen molar-refractivity contribution in [2.45, 2.75) is 0 Å². The summed E-state index contributed by atoms with van der Waals surface area (Å²) in [7, 11) is 0. The average molecular weight is 420 g/mol. The van der Waals surface area contributed by atoms with Crippen LogP contribution in [0.1, 0.15) is 0 Å². The Bertz CT molecular complexity index is 1810. The Hall–Kier alpha value is -4.36. The second-order valence-electron chi connectivity index (χ2n) is 8.65. The molecule has 154 valence electrons. The van der Waals surface area contributed by atoms with E-state index in [1.807, 2.05) is 0 Å². The van der Waals surface area contributed by atoms with Gasteiger partial charge < -0.3 is 4.57 Å². The monoisotopic (exact) mass is 419 g/mol. The summed E-state index contributed by atoms with van der Waals surface area (Å²) >= 11 is 0. The Kier molecular flexibility index (Phi) is 3.91. The number of rotatable bonds is 2. The van der Waals surface area contributed by atoms with Crippen molar-refractivity contribution in [1.29, 1.82) is 0 Å². The first-order valence-electron chi connectivity index (χ1n) is 11.4. The van der Waals surface area contributed by atoms with Crippen LogP contribution in [0.25, 0.3) is 60.2 Å². The molecule has 0 saturated heterocycles. The fraction of sp³-hybridized carbons (Fsp3) is 0. The SMILES string of the molecule is c1ccc(-c2ccc3c(c2)c2ccc4ccccc4c2n3-c2ccc3ccccc3c2)cc1. The topological polar surface area (TPSA) is 4.93 Å². The van der Waals surface area contributed by atoms with Crippen LogP contribution in [0, 0.1) is 0 Å². The quantitative estimate of drug-likeness (QED) is 0.264. The molecule has 33 heavy (non-hydrogen) atoms. The Morgan fingerprint density at radius 1 is 0.394 bits per heavy atom. The number of aromatic nitrogens is 1. The molecule has 6 aromatic carbocycles. The van der Waals surface area contributed by atoms with E-state index >= 15 is 0 Å². The van der Waals surface area contributed by atoms with E-state index in [1.54, 1.807) is 0 Å². The number of hydrogen-bond donors (Lipinski definition) is 0. The minimum Gasteiger partial charge on any atom is -0.309 e. The molecule has 0 fully saturated rings. The van der Waals surface area contributed by atoms with Crippen LogP contribution in [0.2, 0.25) is 0 Å². The number of nitrogens with zero attached hydrogens (tertiary/aromatic N) is 1. The van der Waals surface area contributed by atoms with E-state index in [0.29, 0.717) is 0 Å². The van der Waals surface area contributed by atoms with Crippen LogP contribution in [0.5, 0.6) is 0 Å². The molecule has 0 unspecified atom stereocenters. The van der Waals surface area contributed by atoms with E-state index in [9.17, 15) is 0 Å². The molecule has 1 aromatic heterocycles. The Labute approximate surface area is 192 Å². The summed E-state index contributed by atoms with van der Waals surface area (Å²) in [4.78, 5) is 0. The highest BCUT2D eigenvalue weighted by atomic mass is 15.0. The molecule has 0 aliphatic heterocycles. The number of benzene rings is 6. The van der Waals surface area contributed by atoms with Crippen LogP contribution < -0.4 is 0 Å². The summed E-state index contributed by atoms with van der Waals surface area (Å²) in [6.45, 7) is 0. The van der Waals surface area contributed by atoms with Crippen LogP contribution in [0.15, 0.2) is 127 Å². The maximum atomic E-state index is 2.44. The number of hydrogen-bond acceptors (Lipinski definition) is 0. The predicted octanol–water partition coefficient (Wildman–Crippen LogP) is 8.76. The molecule has 0 amide bonds. The molecule has 1 nitrogen and oxygen atoms in total. The van der Waals surface area contributed by atoms with Gasteiger partial charge in [0.1, 0.15) is 0 Å². The summed E-state index contributed by atoms with van der Waals surface area (Å²) in [6.07, 6.45) is 0. The van der Waals surface area contributed by atoms with Crippen molar-refractivity contribution in [2.75, 3.05) is 0 Å². The lowest BCUT2D eigenvalue weighted by Gasteiger charge is -2.11. The fourth-order valence-electron chi connectivity index (χ4n) is 5.17. The Morgan fingerprint density at radius 2 is 1.12 bits per heavy atom. The van der Waals surface area contributed by atoms with Crippen molar-refractivity contribution < 1.29 is 0 Å². The second-order valence-corrected chi connectivity index (χ2v) is 8.65. The first kappa shape index (κ1) is 18.2. The number of fused-ring (bicyclic) bond motifs is 6. The van der Waals surface area contributed by atoms with Crippen molar-refractivity contribution in [2.24, 2.45) is 0 Å². The smallest absolute Gasteiger partial charge is 0.0619 e. The lowest BCUT2D eigenvalue weighted by atomic mass is 10.0. The fourth-order valence-corrected chi connectivity index (χ4v) is 5.17. The van der Waals surface area contributed by atoms with E-state index in [1.165, 1.54) is 60.2 Å². The van der Waals surface area contributed by atoms with Gasteiger partial charge in [0.05, 0.1) is 11.0 Å². The minimum atomic E-state index is 1.19. The molecule has 0 aliphatic rings. The van der Waals surface area contributed by atoms with Gasteiger partial charge in [-0.1, -0.05) is 103 Å². The zero-order valence-electron chi connectivity index (χ0n) is 18.1. The van der Waals surface area contributed by atoms with E-state index in [4.69, 9.17) is 0 Å². The normalized spacial score (nSPS) is 11.6. The summed E-state index contributed by atoms with van der Waals surface area (Å²) in [6, 6.07) is 46.1. The van der Waals surface area contributed by atoms with Crippen LogP contribution in [-0.4, -0.2) is 4.57 Å². The molecule has 0 aliphatic carbocycles. The van der Waals surface area contributed by atoms with Gasteiger partial charge in [-0.15, -0.1) is 0 Å². The van der Waals surface area contributed by atoms with Gasteiger partial charge in [0.2, 0.25) is 0 Å². The van der Waals surface area contributed by atoms with E-state index < -0.39 is 0 Å². The molecule has 7 rings (SSSR count). The van der Waals surface area contributed by atoms with Crippen molar-refractivity contribution in [3.8, 4) is 16.8 Å². The molecular weight excluding hydrogens is 398 g/mol. The van der Waals surface area contributed by atoms with Crippen molar-refractivity contribution in [3.05, 3.63) is 127 Å². The molecule has 0 spiro atoms. The zero-order chi connectivity index (χ0) is 21.8. The van der Waals surface area contributed by atoms with E-state index in [0.717, 1.165) is 0 Å². The summed E-state index contributed by atoms with van der Waals surface area (Å²) < 4.78 is 2.44. The maximum absolute atomic E-state index is 2.44. The van der Waals surface area contributed by atoms with Crippen LogP contribution >= 0.6 is 0 Å². The molecule has 1 heteroatoms. The first-order chi connectivity index (χ1) is 16.4. The summed E-state index contributed by atoms with van der Waals surface area (Å²) in [5.41, 5.74) is 6.18. The van der Waals surface area contributed by atoms with Gasteiger partial charge >= 0.3 is 0 Å². The van der Waals surface area contributed by atoms with Crippen LogP contribution in [-0.2, 0) is 0 Å². The Morgan fingerprint density at radius 3 is 2.00 bits per heavy atom. The minimum absolute atomic E-state index is 1.19. The van der Waals surface area contributed by atoms with Crippen molar-refractivity contribution in [3.63, 3.8) is 0 Å². The first-order valence-corrected chi connectivity index (χ1v) is 11.4. The van der Waals surface area contributed by atoms with Crippen LogP contribution in [0.3, 0.4) is 0 Å². The largest absolute Gasteiger partial charge is 0.309 e. The standard InChI is InChI=1S/C32H21N/c1-2-8-22(9-3-1)26-16-19-31-30(21-26)29-18-15-24-11-6-7-13-28(24)32(29)33(31)27-17-14-23-10-4-5-12-25(23)20-27/h1-21H. The third-order valence-electron chi connectivity index (χ3n) is 6.75. The second kappa shape index (κ2) is 7.08. The van der Waals surface area contributed by atoms with E-state index in [-0.39, 0.29) is 0 Å². The summed E-state index contributed by atoms with van der Waals surface area (Å²) in [5.74, 6) is 0. The van der Waals surface area contributed by atoms with Gasteiger partial charge in [-0.05, 0) is 51.6 Å². The zero-order valence-corrected chi connectivity index (χ0v) is 18.1. The molecule has 1 heterocycles. The molecular formula is C32H21N. The molecule has 0 atom stereocenters. The molecule has 0 saturated carbocycles. The average Bonchev–Trinajstić information content (AvgIpc) is 3.23. The molecule has 0 N–H and O–H groups in total. The highest BCUT2D eigenvalue weighted by molar-refractivity contribution is 6.19. The van der Waals surface area contributed by atoms with Gasteiger partial charge in [0.25, 0.3) is 0 Å². The van der Waals surface area contributed by atoms with Gasteiger partial charge in [0, 0.05) is 21.8 Å². The Balaban J connectivity index is 1.62. The lowest BCUT2D eigenvalue weighted by molar-refractivity contribution is 1.19. The lowest BCUT2D eigenvalue weighted by Crippen LogP contribution is -1.94. The maximum Gasteiger partial charge on any atom is 0.0619 e. The van der Waals surface area contributed by atoms with Gasteiger partial charge in [-0.2, -0.15) is 0 Å². The highest BCUT2D eigenvalue weighted by Gasteiger charge is 2.16. The van der Waals surface area contributed by atoms with Crippen molar-refractivity contribution in [1.82, 2.24) is 4.57 Å². The third kappa shape index (κ3) is 2.79.